The van der Waals surface area contributed by atoms with Crippen LogP contribution in [0.4, 0.5) is 9.93 Å². The fourth-order valence-electron chi connectivity index (χ4n) is 2.41. The summed E-state index contributed by atoms with van der Waals surface area (Å²) in [5, 5.41) is 5.13. The lowest BCUT2D eigenvalue weighted by Crippen LogP contribution is -2.42. The van der Waals surface area contributed by atoms with Gasteiger partial charge >= 0.3 is 6.09 Å². The topological polar surface area (TPSA) is 97.5 Å². The molecule has 128 valence electrons. The van der Waals surface area contributed by atoms with E-state index in [4.69, 9.17) is 10.5 Å². The largest absolute Gasteiger partial charge is 0.444 e. The van der Waals surface area contributed by atoms with Crippen LogP contribution < -0.4 is 11.1 Å². The molecule has 0 saturated carbocycles. The second-order valence-corrected chi connectivity index (χ2v) is 7.45. The van der Waals surface area contributed by atoms with Crippen molar-refractivity contribution in [3.8, 4) is 0 Å². The van der Waals surface area contributed by atoms with Gasteiger partial charge in [0.25, 0.3) is 0 Å². The average molecular weight is 340 g/mol. The predicted octanol–water partition coefficient (Wildman–Crippen LogP) is 2.15. The van der Waals surface area contributed by atoms with Crippen LogP contribution >= 0.6 is 11.3 Å². The van der Waals surface area contributed by atoms with Crippen molar-refractivity contribution in [3.05, 3.63) is 11.1 Å². The van der Waals surface area contributed by atoms with Crippen molar-refractivity contribution >= 4 is 28.5 Å². The number of thiazole rings is 1. The van der Waals surface area contributed by atoms with Crippen molar-refractivity contribution in [2.24, 2.45) is 5.73 Å². The molecule has 8 heteroatoms. The van der Waals surface area contributed by atoms with Gasteiger partial charge in [-0.2, -0.15) is 0 Å². The Kier molecular flexibility index (Phi) is 5.59. The molecule has 1 unspecified atom stereocenters. The maximum atomic E-state index is 12.2. The van der Waals surface area contributed by atoms with Gasteiger partial charge in [-0.15, -0.1) is 11.3 Å². The number of nitrogens with zero attached hydrogens (tertiary/aromatic N) is 2. The molecule has 1 aliphatic heterocycles. The van der Waals surface area contributed by atoms with Gasteiger partial charge in [-0.3, -0.25) is 4.79 Å². The quantitative estimate of drug-likeness (QED) is 0.878. The molecule has 3 N–H and O–H groups in total. The molecule has 0 radical (unpaired) electrons. The third kappa shape index (κ3) is 5.18. The zero-order valence-electron chi connectivity index (χ0n) is 13.8. The lowest BCUT2D eigenvalue weighted by atomic mass is 9.96. The van der Waals surface area contributed by atoms with Crippen LogP contribution in [0.3, 0.4) is 0 Å². The molecule has 1 aliphatic rings. The first kappa shape index (κ1) is 17.7. The molecule has 0 spiro atoms. The van der Waals surface area contributed by atoms with Crippen LogP contribution in [-0.4, -0.2) is 47.1 Å². The van der Waals surface area contributed by atoms with E-state index in [1.807, 2.05) is 26.2 Å². The Morgan fingerprint density at radius 1 is 1.52 bits per heavy atom. The summed E-state index contributed by atoms with van der Waals surface area (Å²) in [7, 11) is 0. The molecule has 0 aromatic carbocycles. The zero-order chi connectivity index (χ0) is 17.0. The first-order valence-electron chi connectivity index (χ1n) is 7.72. The Morgan fingerprint density at radius 2 is 2.26 bits per heavy atom. The Hall–Kier alpha value is -1.67. The van der Waals surface area contributed by atoms with Gasteiger partial charge in [-0.05, 0) is 33.6 Å². The number of nitrogens with one attached hydrogen (secondary N) is 1. The molecule has 0 aliphatic carbocycles. The van der Waals surface area contributed by atoms with Gasteiger partial charge in [-0.25, -0.2) is 9.78 Å². The number of rotatable bonds is 3. The summed E-state index contributed by atoms with van der Waals surface area (Å²) in [6.07, 6.45) is 1.59. The Balaban J connectivity index is 1.98. The fraction of sp³-hybridized carbons (Fsp3) is 0.667. The Labute approximate surface area is 140 Å². The lowest BCUT2D eigenvalue weighted by Gasteiger charge is -2.33. The summed E-state index contributed by atoms with van der Waals surface area (Å²) in [5.74, 6) is -0.0963. The highest BCUT2D eigenvalue weighted by Crippen LogP contribution is 2.30. The third-order valence-corrected chi connectivity index (χ3v) is 4.22. The van der Waals surface area contributed by atoms with E-state index in [0.717, 1.165) is 18.5 Å². The fourth-order valence-corrected chi connectivity index (χ4v) is 3.22. The van der Waals surface area contributed by atoms with Gasteiger partial charge in [0.2, 0.25) is 5.91 Å². The van der Waals surface area contributed by atoms with Gasteiger partial charge in [-0.1, -0.05) is 0 Å². The second-order valence-electron chi connectivity index (χ2n) is 6.60. The lowest BCUT2D eigenvalue weighted by molar-refractivity contribution is -0.114. The number of amides is 2. The van der Waals surface area contributed by atoms with Crippen LogP contribution in [0.1, 0.15) is 45.2 Å². The molecule has 1 fully saturated rings. The van der Waals surface area contributed by atoms with Crippen molar-refractivity contribution in [2.75, 3.05) is 25.0 Å². The summed E-state index contributed by atoms with van der Waals surface area (Å²) in [6.45, 7) is 6.80. The van der Waals surface area contributed by atoms with E-state index in [1.54, 1.807) is 4.90 Å². The first-order chi connectivity index (χ1) is 10.8. The normalized spacial score (nSPS) is 18.6. The molecular formula is C15H24N4O3S. The molecule has 1 aromatic rings. The average Bonchev–Trinajstić information content (AvgIpc) is 2.94. The van der Waals surface area contributed by atoms with Crippen LogP contribution in [0, 0.1) is 0 Å². The van der Waals surface area contributed by atoms with Crippen molar-refractivity contribution < 1.29 is 14.3 Å². The minimum Gasteiger partial charge on any atom is -0.444 e. The van der Waals surface area contributed by atoms with Gasteiger partial charge < -0.3 is 20.7 Å². The highest BCUT2D eigenvalue weighted by atomic mass is 32.1. The van der Waals surface area contributed by atoms with Crippen LogP contribution in [0.2, 0.25) is 0 Å². The molecule has 0 bridgehead atoms. The van der Waals surface area contributed by atoms with Crippen LogP contribution in [0.5, 0.6) is 0 Å². The minimum atomic E-state index is -0.496. The number of ether oxygens (including phenoxy) is 1. The highest BCUT2D eigenvalue weighted by Gasteiger charge is 2.29. The van der Waals surface area contributed by atoms with E-state index >= 15 is 0 Å². The SMILES string of the molecule is CC(C)(C)OC(=O)N1CCCC(c2csc(NC(=O)CN)n2)C1. The monoisotopic (exact) mass is 340 g/mol. The summed E-state index contributed by atoms with van der Waals surface area (Å²) in [6, 6.07) is 0. The molecule has 1 saturated heterocycles. The number of hydrogen-bond acceptors (Lipinski definition) is 6. The number of carbonyl (C=O) groups is 2. The zero-order valence-corrected chi connectivity index (χ0v) is 14.6. The van der Waals surface area contributed by atoms with E-state index in [1.165, 1.54) is 11.3 Å². The molecule has 7 nitrogen and oxygen atoms in total. The molecule has 1 atom stereocenters. The van der Waals surface area contributed by atoms with E-state index in [9.17, 15) is 9.59 Å². The molecule has 2 heterocycles. The molecule has 2 rings (SSSR count). The molecule has 1 aromatic heterocycles. The molecule has 2 amide bonds. The number of hydrogen-bond donors (Lipinski definition) is 2. The summed E-state index contributed by atoms with van der Waals surface area (Å²) >= 11 is 1.37. The number of piperidine rings is 1. The van der Waals surface area contributed by atoms with Gasteiger partial charge in [0.05, 0.1) is 12.2 Å². The van der Waals surface area contributed by atoms with Gasteiger partial charge in [0.1, 0.15) is 5.60 Å². The minimum absolute atomic E-state index is 0.0647. The van der Waals surface area contributed by atoms with E-state index in [-0.39, 0.29) is 24.5 Å². The number of anilines is 1. The molecular weight excluding hydrogens is 316 g/mol. The van der Waals surface area contributed by atoms with Crippen molar-refractivity contribution in [2.45, 2.75) is 45.1 Å². The predicted molar refractivity (Wildman–Crippen MR) is 89.6 cm³/mol. The van der Waals surface area contributed by atoms with E-state index < -0.39 is 5.60 Å². The Morgan fingerprint density at radius 3 is 2.91 bits per heavy atom. The van der Waals surface area contributed by atoms with Crippen LogP contribution in [0.15, 0.2) is 5.38 Å². The van der Waals surface area contributed by atoms with Crippen molar-refractivity contribution in [1.29, 1.82) is 0 Å². The third-order valence-electron chi connectivity index (χ3n) is 3.45. The highest BCUT2D eigenvalue weighted by molar-refractivity contribution is 7.13. The standard InChI is InChI=1S/C15H24N4O3S/c1-15(2,3)22-14(21)19-6-4-5-10(8-19)11-9-23-13(17-11)18-12(20)7-16/h9-10H,4-8,16H2,1-3H3,(H,17,18,20). The number of carbonyl (C=O) groups excluding carboxylic acids is 2. The molecule has 23 heavy (non-hydrogen) atoms. The van der Waals surface area contributed by atoms with Crippen molar-refractivity contribution in [1.82, 2.24) is 9.88 Å². The van der Waals surface area contributed by atoms with Crippen LogP contribution in [-0.2, 0) is 9.53 Å². The number of aromatic nitrogens is 1. The van der Waals surface area contributed by atoms with E-state index in [0.29, 0.717) is 18.2 Å². The summed E-state index contributed by atoms with van der Waals surface area (Å²) < 4.78 is 5.43. The maximum Gasteiger partial charge on any atom is 0.410 e. The first-order valence-corrected chi connectivity index (χ1v) is 8.59. The Bertz CT molecular complexity index is 567. The van der Waals surface area contributed by atoms with E-state index in [2.05, 4.69) is 10.3 Å². The number of nitrogens with two attached hydrogens (primary N) is 1. The van der Waals surface area contributed by atoms with Crippen molar-refractivity contribution in [3.63, 3.8) is 0 Å². The van der Waals surface area contributed by atoms with Gasteiger partial charge in [0, 0.05) is 24.4 Å². The maximum absolute atomic E-state index is 12.2. The summed E-state index contributed by atoms with van der Waals surface area (Å²) in [4.78, 5) is 29.7. The van der Waals surface area contributed by atoms with Gasteiger partial charge in [0.15, 0.2) is 5.13 Å². The smallest absolute Gasteiger partial charge is 0.410 e. The number of likely N-dealkylation sites (tertiary alicyclic amines) is 1. The van der Waals surface area contributed by atoms with Crippen LogP contribution in [0.25, 0.3) is 0 Å². The summed E-state index contributed by atoms with van der Waals surface area (Å²) in [5.41, 5.74) is 5.68. The second kappa shape index (κ2) is 7.27.